The molecule has 0 aliphatic carbocycles. The summed E-state index contributed by atoms with van der Waals surface area (Å²) in [5.41, 5.74) is 0.860. The average molecular weight is 402 g/mol. The number of aromatic hydroxyl groups is 1. The van der Waals surface area contributed by atoms with Crippen LogP contribution in [0.2, 0.25) is 0 Å². The second-order valence-electron chi connectivity index (χ2n) is 6.31. The maximum absolute atomic E-state index is 12.3. The van der Waals surface area contributed by atoms with E-state index in [9.17, 15) is 23.1 Å². The van der Waals surface area contributed by atoms with Crippen LogP contribution in [-0.4, -0.2) is 25.2 Å². The molecule has 8 heteroatoms. The lowest BCUT2D eigenvalue weighted by Crippen LogP contribution is -2.14. The van der Waals surface area contributed by atoms with Gasteiger partial charge < -0.3 is 14.3 Å². The Morgan fingerprint density at radius 2 is 1.82 bits per heavy atom. The van der Waals surface area contributed by atoms with Gasteiger partial charge in [0.05, 0.1) is 17.1 Å². The zero-order valence-corrected chi connectivity index (χ0v) is 15.9. The van der Waals surface area contributed by atoms with E-state index in [1.54, 1.807) is 18.2 Å². The Bertz CT molecular complexity index is 1180. The monoisotopic (exact) mass is 402 g/mol. The zero-order chi connectivity index (χ0) is 20.3. The number of ether oxygens (including phenoxy) is 1. The molecule has 1 N–H and O–H groups in total. The Kier molecular flexibility index (Phi) is 5.51. The molecule has 0 aliphatic heterocycles. The summed E-state index contributed by atoms with van der Waals surface area (Å²) < 4.78 is 34.7. The summed E-state index contributed by atoms with van der Waals surface area (Å²) in [5, 5.41) is 9.99. The number of carbonyl (C=O) groups is 1. The number of aryl methyl sites for hydroxylation is 1. The number of carbonyl (C=O) groups excluding carboxylic acids is 1. The minimum absolute atomic E-state index is 0.0638. The molecule has 1 aromatic heterocycles. The number of sulfone groups is 1. The average Bonchev–Trinajstić information content (AvgIpc) is 2.64. The summed E-state index contributed by atoms with van der Waals surface area (Å²) in [6, 6.07) is 11.8. The van der Waals surface area contributed by atoms with Crippen molar-refractivity contribution < 1.29 is 27.5 Å². The van der Waals surface area contributed by atoms with Gasteiger partial charge in [-0.3, -0.25) is 4.79 Å². The molecule has 0 saturated heterocycles. The van der Waals surface area contributed by atoms with Gasteiger partial charge in [0.15, 0.2) is 9.84 Å². The van der Waals surface area contributed by atoms with Gasteiger partial charge in [-0.25, -0.2) is 13.2 Å². The van der Waals surface area contributed by atoms with E-state index >= 15 is 0 Å². The Morgan fingerprint density at radius 1 is 1.11 bits per heavy atom. The molecule has 28 heavy (non-hydrogen) atoms. The summed E-state index contributed by atoms with van der Waals surface area (Å²) in [5.74, 6) is -1.14. The van der Waals surface area contributed by atoms with E-state index in [-0.39, 0.29) is 35.0 Å². The molecule has 0 saturated carbocycles. The number of phenols is 1. The first kappa shape index (κ1) is 19.6. The molecule has 0 amide bonds. The number of fused-ring (bicyclic) bond motifs is 1. The number of hydrogen-bond acceptors (Lipinski definition) is 7. The molecule has 0 atom stereocenters. The van der Waals surface area contributed by atoms with E-state index < -0.39 is 21.4 Å². The predicted molar refractivity (Wildman–Crippen MR) is 102 cm³/mol. The maximum Gasteiger partial charge on any atom is 0.336 e. The van der Waals surface area contributed by atoms with Crippen molar-refractivity contribution in [1.29, 1.82) is 0 Å². The first-order valence-corrected chi connectivity index (χ1v) is 10.1. The van der Waals surface area contributed by atoms with Crippen LogP contribution in [0.15, 0.2) is 62.6 Å². The highest BCUT2D eigenvalue weighted by molar-refractivity contribution is 7.91. The first-order chi connectivity index (χ1) is 13.2. The van der Waals surface area contributed by atoms with E-state index in [1.165, 1.54) is 30.3 Å². The molecule has 1 heterocycles. The Hall–Kier alpha value is -3.13. The number of phenolic OH excluding ortho intramolecular Hbond substituents is 1. The maximum atomic E-state index is 12.3. The first-order valence-electron chi connectivity index (χ1n) is 8.45. The molecule has 0 aliphatic rings. The molecule has 0 unspecified atom stereocenters. The van der Waals surface area contributed by atoms with Crippen LogP contribution >= 0.6 is 0 Å². The third-order valence-corrected chi connectivity index (χ3v) is 5.89. The van der Waals surface area contributed by atoms with Gasteiger partial charge in [-0.05, 0) is 31.2 Å². The van der Waals surface area contributed by atoms with Crippen LogP contribution in [-0.2, 0) is 26.0 Å². The van der Waals surface area contributed by atoms with Crippen LogP contribution in [0.25, 0.3) is 11.0 Å². The van der Waals surface area contributed by atoms with Gasteiger partial charge in [0.25, 0.3) is 0 Å². The predicted octanol–water partition coefficient (Wildman–Crippen LogP) is 2.71. The molecule has 0 fully saturated rings. The largest absolute Gasteiger partial charge is 0.508 e. The lowest BCUT2D eigenvalue weighted by atomic mass is 10.1. The van der Waals surface area contributed by atoms with Crippen LogP contribution < -0.4 is 5.63 Å². The minimum Gasteiger partial charge on any atom is -0.508 e. The van der Waals surface area contributed by atoms with Crippen LogP contribution in [0.5, 0.6) is 5.75 Å². The number of benzene rings is 2. The highest BCUT2D eigenvalue weighted by Crippen LogP contribution is 2.22. The standard InChI is InChI=1S/C20H18O7S/c1-13-2-5-16(6-3-13)28(24,25)9-8-19(22)26-12-14-10-20(23)27-18-11-15(21)4-7-17(14)18/h2-7,10-11,21H,8-9,12H2,1H3. The second kappa shape index (κ2) is 7.85. The lowest BCUT2D eigenvalue weighted by molar-refractivity contribution is -0.144. The third kappa shape index (κ3) is 4.58. The van der Waals surface area contributed by atoms with E-state index in [4.69, 9.17) is 9.15 Å². The summed E-state index contributed by atoms with van der Waals surface area (Å²) >= 11 is 0. The van der Waals surface area contributed by atoms with Gasteiger partial charge in [-0.1, -0.05) is 17.7 Å². The SMILES string of the molecule is Cc1ccc(S(=O)(=O)CCC(=O)OCc2cc(=O)oc3cc(O)ccc23)cc1. The second-order valence-corrected chi connectivity index (χ2v) is 8.42. The number of hydrogen-bond donors (Lipinski definition) is 1. The van der Waals surface area contributed by atoms with Crippen molar-refractivity contribution in [3.63, 3.8) is 0 Å². The summed E-state index contributed by atoms with van der Waals surface area (Å²) in [6.07, 6.45) is -0.309. The Morgan fingerprint density at radius 3 is 2.54 bits per heavy atom. The van der Waals surface area contributed by atoms with E-state index in [0.717, 1.165) is 5.56 Å². The van der Waals surface area contributed by atoms with Gasteiger partial charge in [0.1, 0.15) is 17.9 Å². The molecule has 7 nitrogen and oxygen atoms in total. The molecule has 0 bridgehead atoms. The fourth-order valence-electron chi connectivity index (χ4n) is 2.65. The van der Waals surface area contributed by atoms with Crippen LogP contribution in [0.4, 0.5) is 0 Å². The fraction of sp³-hybridized carbons (Fsp3) is 0.200. The summed E-state index contributed by atoms with van der Waals surface area (Å²) in [4.78, 5) is 23.8. The third-order valence-electron chi connectivity index (χ3n) is 4.16. The van der Waals surface area contributed by atoms with Crippen molar-refractivity contribution in [2.24, 2.45) is 0 Å². The fourth-order valence-corrected chi connectivity index (χ4v) is 3.87. The van der Waals surface area contributed by atoms with Gasteiger partial charge in [-0.2, -0.15) is 0 Å². The Balaban J connectivity index is 1.66. The Labute approximate surface area is 161 Å². The van der Waals surface area contributed by atoms with Crippen molar-refractivity contribution >= 4 is 26.8 Å². The molecule has 3 rings (SSSR count). The highest BCUT2D eigenvalue weighted by atomic mass is 32.2. The van der Waals surface area contributed by atoms with E-state index in [1.807, 2.05) is 6.92 Å². The van der Waals surface area contributed by atoms with Crippen molar-refractivity contribution in [3.8, 4) is 5.75 Å². The molecule has 0 spiro atoms. The molecule has 2 aromatic carbocycles. The minimum atomic E-state index is -3.59. The van der Waals surface area contributed by atoms with Crippen molar-refractivity contribution in [1.82, 2.24) is 0 Å². The van der Waals surface area contributed by atoms with E-state index in [2.05, 4.69) is 0 Å². The highest BCUT2D eigenvalue weighted by Gasteiger charge is 2.17. The van der Waals surface area contributed by atoms with Crippen molar-refractivity contribution in [3.05, 3.63) is 70.1 Å². The van der Waals surface area contributed by atoms with Gasteiger partial charge in [-0.15, -0.1) is 0 Å². The number of esters is 1. The normalized spacial score (nSPS) is 11.5. The van der Waals surface area contributed by atoms with Crippen molar-refractivity contribution in [2.45, 2.75) is 24.8 Å². The van der Waals surface area contributed by atoms with Crippen LogP contribution in [0, 0.1) is 6.92 Å². The summed E-state index contributed by atoms with van der Waals surface area (Å²) in [7, 11) is -3.59. The molecular weight excluding hydrogens is 384 g/mol. The number of rotatable bonds is 6. The van der Waals surface area contributed by atoms with Gasteiger partial charge in [0.2, 0.25) is 0 Å². The molecule has 3 aromatic rings. The van der Waals surface area contributed by atoms with Crippen LogP contribution in [0.3, 0.4) is 0 Å². The topological polar surface area (TPSA) is 111 Å². The lowest BCUT2D eigenvalue weighted by Gasteiger charge is -2.08. The molecular formula is C20H18O7S. The van der Waals surface area contributed by atoms with Crippen molar-refractivity contribution in [2.75, 3.05) is 5.75 Å². The smallest absolute Gasteiger partial charge is 0.336 e. The van der Waals surface area contributed by atoms with Gasteiger partial charge in [0, 0.05) is 23.1 Å². The molecule has 0 radical (unpaired) electrons. The van der Waals surface area contributed by atoms with Crippen LogP contribution in [0.1, 0.15) is 17.5 Å². The summed E-state index contributed by atoms with van der Waals surface area (Å²) in [6.45, 7) is 1.64. The quantitative estimate of drug-likeness (QED) is 0.498. The molecule has 146 valence electrons. The zero-order valence-electron chi connectivity index (χ0n) is 15.0. The van der Waals surface area contributed by atoms with Gasteiger partial charge >= 0.3 is 11.6 Å². The van der Waals surface area contributed by atoms with E-state index in [0.29, 0.717) is 10.9 Å².